The molecule has 0 fully saturated rings. The van der Waals surface area contributed by atoms with Crippen molar-refractivity contribution < 1.29 is 0 Å². The zero-order valence-electron chi connectivity index (χ0n) is 20.1. The molecule has 0 amide bonds. The van der Waals surface area contributed by atoms with E-state index in [0.717, 1.165) is 18.4 Å². The van der Waals surface area contributed by atoms with Gasteiger partial charge in [0.05, 0.1) is 0 Å². The molecule has 1 aliphatic rings. The Morgan fingerprint density at radius 2 is 1.26 bits per heavy atom. The first-order chi connectivity index (χ1) is 17.2. The van der Waals surface area contributed by atoms with Crippen LogP contribution in [0, 0.1) is 0 Å². The molecule has 1 aliphatic carbocycles. The fraction of sp³-hybridized carbons (Fsp3) is 0.0857. The Bertz CT molecular complexity index is 1670. The highest BCUT2D eigenvalue weighted by Gasteiger charge is 2.12. The second-order valence-corrected chi connectivity index (χ2v) is 9.33. The Kier molecular flexibility index (Phi) is 5.43. The van der Waals surface area contributed by atoms with Gasteiger partial charge in [-0.3, -0.25) is 0 Å². The van der Waals surface area contributed by atoms with Crippen LogP contribution in [0.1, 0.15) is 25.3 Å². The van der Waals surface area contributed by atoms with E-state index in [1.54, 1.807) is 0 Å². The van der Waals surface area contributed by atoms with Crippen LogP contribution in [0.3, 0.4) is 0 Å². The summed E-state index contributed by atoms with van der Waals surface area (Å²) < 4.78 is 0. The minimum absolute atomic E-state index is 1.05. The highest BCUT2D eigenvalue weighted by atomic mass is 14.2. The SMILES string of the molecule is C=C(/C=C\C)C1=CC(c2cccc(-c3ccc4c5ccccc5c5ccccc5c4c3)c2)=CCC1. The van der Waals surface area contributed by atoms with Crippen LogP contribution in [0.5, 0.6) is 0 Å². The molecule has 0 saturated heterocycles. The van der Waals surface area contributed by atoms with E-state index in [0.29, 0.717) is 0 Å². The number of rotatable bonds is 4. The van der Waals surface area contributed by atoms with Gasteiger partial charge in [-0.25, -0.2) is 0 Å². The number of hydrogen-bond donors (Lipinski definition) is 0. The van der Waals surface area contributed by atoms with Crippen molar-refractivity contribution in [2.75, 3.05) is 0 Å². The molecule has 0 atom stereocenters. The monoisotopic (exact) mass is 448 g/mol. The molecule has 5 aromatic rings. The molecule has 0 unspecified atom stereocenters. The van der Waals surface area contributed by atoms with Crippen LogP contribution in [0.2, 0.25) is 0 Å². The van der Waals surface area contributed by atoms with Gasteiger partial charge in [0.1, 0.15) is 0 Å². The van der Waals surface area contributed by atoms with Crippen molar-refractivity contribution >= 4 is 37.9 Å². The minimum atomic E-state index is 1.05. The van der Waals surface area contributed by atoms with Gasteiger partial charge in [-0.05, 0) is 97.6 Å². The Hall–Kier alpha value is -4.16. The Morgan fingerprint density at radius 3 is 1.94 bits per heavy atom. The van der Waals surface area contributed by atoms with E-state index in [2.05, 4.69) is 122 Å². The van der Waals surface area contributed by atoms with E-state index in [1.165, 1.54) is 60.2 Å². The quantitative estimate of drug-likeness (QED) is 0.189. The van der Waals surface area contributed by atoms with Gasteiger partial charge < -0.3 is 0 Å². The average Bonchev–Trinajstić information content (AvgIpc) is 2.93. The lowest BCUT2D eigenvalue weighted by Gasteiger charge is -2.16. The van der Waals surface area contributed by atoms with Crippen molar-refractivity contribution in [3.8, 4) is 11.1 Å². The normalized spacial score (nSPS) is 14.0. The number of hydrogen-bond acceptors (Lipinski definition) is 0. The molecule has 0 aromatic heterocycles. The minimum Gasteiger partial charge on any atom is -0.0915 e. The molecule has 6 rings (SSSR count). The molecule has 0 nitrogen and oxygen atoms in total. The third-order valence-electron chi connectivity index (χ3n) is 7.16. The molecule has 0 heteroatoms. The van der Waals surface area contributed by atoms with Crippen molar-refractivity contribution in [3.05, 3.63) is 139 Å². The standard InChI is InChI=1S/C35H28/c1-3-10-24(2)25-11-8-12-26(21-25)27-13-9-14-28(22-27)29-19-20-34-32-17-5-4-15-30(32)31-16-6-7-18-33(31)35(34)23-29/h3-7,9-10,12-23H,2,8,11H2,1H3/b10-3-. The zero-order valence-corrected chi connectivity index (χ0v) is 20.1. The van der Waals surface area contributed by atoms with Gasteiger partial charge in [0.2, 0.25) is 0 Å². The van der Waals surface area contributed by atoms with E-state index < -0.39 is 0 Å². The molecule has 0 aliphatic heterocycles. The maximum absolute atomic E-state index is 4.25. The van der Waals surface area contributed by atoms with Gasteiger partial charge in [-0.15, -0.1) is 0 Å². The lowest BCUT2D eigenvalue weighted by molar-refractivity contribution is 0.983. The lowest BCUT2D eigenvalue weighted by Crippen LogP contribution is -1.94. The summed E-state index contributed by atoms with van der Waals surface area (Å²) in [5.41, 5.74) is 7.49. The van der Waals surface area contributed by atoms with Crippen LogP contribution in [0.15, 0.2) is 133 Å². The molecule has 0 radical (unpaired) electrons. The van der Waals surface area contributed by atoms with Gasteiger partial charge in [-0.2, -0.15) is 0 Å². The molecule has 0 heterocycles. The second-order valence-electron chi connectivity index (χ2n) is 9.33. The average molecular weight is 449 g/mol. The Morgan fingerprint density at radius 1 is 0.657 bits per heavy atom. The molecule has 0 saturated carbocycles. The Labute approximate surface area is 207 Å². The van der Waals surface area contributed by atoms with Crippen molar-refractivity contribution in [2.24, 2.45) is 0 Å². The van der Waals surface area contributed by atoms with Crippen LogP contribution in [-0.2, 0) is 0 Å². The summed E-state index contributed by atoms with van der Waals surface area (Å²) in [6.07, 6.45) is 10.9. The molecule has 0 bridgehead atoms. The molecule has 35 heavy (non-hydrogen) atoms. The van der Waals surface area contributed by atoms with Gasteiger partial charge in [0.25, 0.3) is 0 Å². The summed E-state index contributed by atoms with van der Waals surface area (Å²) in [7, 11) is 0. The predicted molar refractivity (Wildman–Crippen MR) is 154 cm³/mol. The van der Waals surface area contributed by atoms with Crippen molar-refractivity contribution in [2.45, 2.75) is 19.8 Å². The molecule has 0 spiro atoms. The van der Waals surface area contributed by atoms with Crippen molar-refractivity contribution in [1.82, 2.24) is 0 Å². The van der Waals surface area contributed by atoms with Gasteiger partial charge in [0, 0.05) is 0 Å². The maximum Gasteiger partial charge on any atom is -0.00928 e. The first-order valence-electron chi connectivity index (χ1n) is 12.4. The second kappa shape index (κ2) is 8.89. The van der Waals surface area contributed by atoms with Crippen LogP contribution in [0.4, 0.5) is 0 Å². The van der Waals surface area contributed by atoms with Crippen LogP contribution >= 0.6 is 0 Å². The third-order valence-corrected chi connectivity index (χ3v) is 7.16. The van der Waals surface area contributed by atoms with Crippen LogP contribution in [-0.4, -0.2) is 0 Å². The van der Waals surface area contributed by atoms with E-state index in [1.807, 2.05) is 6.92 Å². The highest BCUT2D eigenvalue weighted by molar-refractivity contribution is 6.25. The fourth-order valence-corrected chi connectivity index (χ4v) is 5.43. The smallest absolute Gasteiger partial charge is 0.00928 e. The van der Waals surface area contributed by atoms with E-state index in [4.69, 9.17) is 0 Å². The number of allylic oxidation sites excluding steroid dienone is 7. The summed E-state index contributed by atoms with van der Waals surface area (Å²) in [4.78, 5) is 0. The third kappa shape index (κ3) is 3.82. The molecule has 0 N–H and O–H groups in total. The molecular weight excluding hydrogens is 420 g/mol. The zero-order chi connectivity index (χ0) is 23.8. The maximum atomic E-state index is 4.25. The molecule has 5 aromatic carbocycles. The predicted octanol–water partition coefficient (Wildman–Crippen LogP) is 10.0. The lowest BCUT2D eigenvalue weighted by atomic mass is 9.89. The summed E-state index contributed by atoms with van der Waals surface area (Å²) in [6, 6.07) is 33.4. The van der Waals surface area contributed by atoms with Crippen LogP contribution < -0.4 is 0 Å². The van der Waals surface area contributed by atoms with Crippen LogP contribution in [0.25, 0.3) is 49.0 Å². The molecule has 168 valence electrons. The first kappa shape index (κ1) is 21.4. The summed E-state index contributed by atoms with van der Waals surface area (Å²) >= 11 is 0. The van der Waals surface area contributed by atoms with Gasteiger partial charge in [0.15, 0.2) is 0 Å². The summed E-state index contributed by atoms with van der Waals surface area (Å²) in [6.45, 7) is 6.30. The Balaban J connectivity index is 1.48. The first-order valence-corrected chi connectivity index (χ1v) is 12.4. The van der Waals surface area contributed by atoms with E-state index in [9.17, 15) is 0 Å². The van der Waals surface area contributed by atoms with Crippen molar-refractivity contribution in [3.63, 3.8) is 0 Å². The van der Waals surface area contributed by atoms with E-state index in [-0.39, 0.29) is 0 Å². The van der Waals surface area contributed by atoms with Crippen molar-refractivity contribution in [1.29, 1.82) is 0 Å². The highest BCUT2D eigenvalue weighted by Crippen LogP contribution is 2.37. The number of fused-ring (bicyclic) bond motifs is 6. The largest absolute Gasteiger partial charge is 0.0915 e. The summed E-state index contributed by atoms with van der Waals surface area (Å²) in [5.74, 6) is 0. The summed E-state index contributed by atoms with van der Waals surface area (Å²) in [5, 5.41) is 7.87. The van der Waals surface area contributed by atoms with Gasteiger partial charge in [-0.1, -0.05) is 110 Å². The number of benzene rings is 5. The topological polar surface area (TPSA) is 0 Å². The molecular formula is C35H28. The van der Waals surface area contributed by atoms with E-state index >= 15 is 0 Å². The fourth-order valence-electron chi connectivity index (χ4n) is 5.43. The van der Waals surface area contributed by atoms with Gasteiger partial charge >= 0.3 is 0 Å².